The Morgan fingerprint density at radius 2 is 1.73 bits per heavy atom. The molecule has 0 unspecified atom stereocenters. The second-order valence-electron chi connectivity index (χ2n) is 6.98. The van der Waals surface area contributed by atoms with E-state index in [9.17, 15) is 9.59 Å². The summed E-state index contributed by atoms with van der Waals surface area (Å²) in [7, 11) is 0. The molecule has 2 bridgehead atoms. The van der Waals surface area contributed by atoms with E-state index in [0.29, 0.717) is 11.6 Å². The van der Waals surface area contributed by atoms with Gasteiger partial charge in [-0.05, 0) is 36.2 Å². The summed E-state index contributed by atoms with van der Waals surface area (Å²) >= 11 is 0. The highest BCUT2D eigenvalue weighted by molar-refractivity contribution is 5.92. The number of benzene rings is 2. The maximum absolute atomic E-state index is 12.5. The van der Waals surface area contributed by atoms with Gasteiger partial charge in [-0.25, -0.2) is 4.79 Å². The van der Waals surface area contributed by atoms with Crippen LogP contribution in [0, 0.1) is 0 Å². The van der Waals surface area contributed by atoms with E-state index in [1.54, 1.807) is 12.1 Å². The SMILES string of the molecule is NC(=O)c1ccc(CN2C[C@@H]3C[C@H]2CN3C(=O)Nc2ccccc2)cc1. The third-order valence-electron chi connectivity index (χ3n) is 5.26. The van der Waals surface area contributed by atoms with E-state index in [4.69, 9.17) is 5.73 Å². The van der Waals surface area contributed by atoms with Crippen molar-refractivity contribution >= 4 is 17.6 Å². The Morgan fingerprint density at radius 3 is 2.35 bits per heavy atom. The number of likely N-dealkylation sites (tertiary alicyclic amines) is 2. The first kappa shape index (κ1) is 16.6. The molecule has 26 heavy (non-hydrogen) atoms. The van der Waals surface area contributed by atoms with E-state index in [2.05, 4.69) is 10.2 Å². The van der Waals surface area contributed by atoms with Gasteiger partial charge in [0.2, 0.25) is 5.91 Å². The summed E-state index contributed by atoms with van der Waals surface area (Å²) in [5, 5.41) is 2.97. The van der Waals surface area contributed by atoms with Gasteiger partial charge in [0, 0.05) is 43.0 Å². The van der Waals surface area contributed by atoms with Crippen molar-refractivity contribution in [1.29, 1.82) is 0 Å². The number of amides is 3. The van der Waals surface area contributed by atoms with Crippen molar-refractivity contribution in [3.05, 3.63) is 65.7 Å². The zero-order valence-electron chi connectivity index (χ0n) is 14.5. The maximum Gasteiger partial charge on any atom is 0.322 e. The monoisotopic (exact) mass is 350 g/mol. The van der Waals surface area contributed by atoms with Gasteiger partial charge in [-0.3, -0.25) is 9.69 Å². The van der Waals surface area contributed by atoms with Crippen LogP contribution in [0.5, 0.6) is 0 Å². The van der Waals surface area contributed by atoms with Gasteiger partial charge in [-0.2, -0.15) is 0 Å². The van der Waals surface area contributed by atoms with Gasteiger partial charge in [-0.15, -0.1) is 0 Å². The number of urea groups is 1. The summed E-state index contributed by atoms with van der Waals surface area (Å²) in [6.07, 6.45) is 1.02. The lowest BCUT2D eigenvalue weighted by Gasteiger charge is -2.34. The minimum atomic E-state index is -0.406. The Hall–Kier alpha value is -2.86. The Bertz CT molecular complexity index is 806. The summed E-state index contributed by atoms with van der Waals surface area (Å²) in [4.78, 5) is 28.0. The van der Waals surface area contributed by atoms with Gasteiger partial charge in [0.1, 0.15) is 0 Å². The topological polar surface area (TPSA) is 78.7 Å². The van der Waals surface area contributed by atoms with Crippen molar-refractivity contribution < 1.29 is 9.59 Å². The molecule has 2 aromatic carbocycles. The lowest BCUT2D eigenvalue weighted by molar-refractivity contribution is 0.1000. The average Bonchev–Trinajstić information content (AvgIpc) is 3.23. The molecule has 6 nitrogen and oxygen atoms in total. The molecule has 3 N–H and O–H groups in total. The first-order chi connectivity index (χ1) is 12.6. The predicted octanol–water partition coefficient (Wildman–Crippen LogP) is 2.28. The Morgan fingerprint density at radius 1 is 1.00 bits per heavy atom. The highest BCUT2D eigenvalue weighted by atomic mass is 16.2. The standard InChI is InChI=1S/C20H22N4O2/c21-19(25)15-8-6-14(7-9-15)11-23-12-18-10-17(23)13-24(18)20(26)22-16-4-2-1-3-5-16/h1-9,17-18H,10-13H2,(H2,21,25)(H,22,26)/t17-,18-/m0/s1. The van der Waals surface area contributed by atoms with E-state index in [1.807, 2.05) is 47.4 Å². The number of fused-ring (bicyclic) bond motifs is 2. The molecular weight excluding hydrogens is 328 g/mol. The molecule has 134 valence electrons. The van der Waals surface area contributed by atoms with Crippen LogP contribution in [0.1, 0.15) is 22.3 Å². The van der Waals surface area contributed by atoms with Crippen LogP contribution in [0.2, 0.25) is 0 Å². The molecule has 2 aliphatic rings. The molecule has 6 heteroatoms. The quantitative estimate of drug-likeness (QED) is 0.888. The number of anilines is 1. The van der Waals surface area contributed by atoms with Gasteiger partial charge < -0.3 is 16.0 Å². The van der Waals surface area contributed by atoms with Crippen LogP contribution < -0.4 is 11.1 Å². The van der Waals surface area contributed by atoms with E-state index >= 15 is 0 Å². The summed E-state index contributed by atoms with van der Waals surface area (Å²) in [5.74, 6) is -0.406. The number of rotatable bonds is 4. The number of hydrogen-bond donors (Lipinski definition) is 2. The molecular formula is C20H22N4O2. The van der Waals surface area contributed by atoms with Crippen LogP contribution in [0.3, 0.4) is 0 Å². The first-order valence-corrected chi connectivity index (χ1v) is 8.85. The highest BCUT2D eigenvalue weighted by Gasteiger charge is 2.45. The number of carbonyl (C=O) groups excluding carboxylic acids is 2. The fourth-order valence-corrected chi connectivity index (χ4v) is 3.92. The molecule has 4 rings (SSSR count). The molecule has 2 fully saturated rings. The molecule has 3 amide bonds. The van der Waals surface area contributed by atoms with Gasteiger partial charge in [0.25, 0.3) is 0 Å². The Kier molecular flexibility index (Phi) is 4.34. The fraction of sp³-hybridized carbons (Fsp3) is 0.300. The predicted molar refractivity (Wildman–Crippen MR) is 99.7 cm³/mol. The number of nitrogens with two attached hydrogens (primary N) is 1. The molecule has 2 saturated heterocycles. The zero-order valence-corrected chi connectivity index (χ0v) is 14.5. The van der Waals surface area contributed by atoms with Crippen LogP contribution >= 0.6 is 0 Å². The number of piperazine rings is 1. The number of carbonyl (C=O) groups is 2. The highest BCUT2D eigenvalue weighted by Crippen LogP contribution is 2.32. The van der Waals surface area contributed by atoms with Crippen LogP contribution in [0.25, 0.3) is 0 Å². The lowest BCUT2D eigenvalue weighted by atomic mass is 10.1. The molecule has 2 atom stereocenters. The molecule has 2 aromatic rings. The lowest BCUT2D eigenvalue weighted by Crippen LogP contribution is -2.49. The fourth-order valence-electron chi connectivity index (χ4n) is 3.92. The number of primary amides is 1. The first-order valence-electron chi connectivity index (χ1n) is 8.85. The third kappa shape index (κ3) is 3.28. The number of para-hydroxylation sites is 1. The molecule has 2 aliphatic heterocycles. The van der Waals surface area contributed by atoms with E-state index < -0.39 is 5.91 Å². The second-order valence-corrected chi connectivity index (χ2v) is 6.98. The van der Waals surface area contributed by atoms with Crippen molar-refractivity contribution in [3.8, 4) is 0 Å². The van der Waals surface area contributed by atoms with Crippen LogP contribution in [-0.2, 0) is 6.54 Å². The van der Waals surface area contributed by atoms with Gasteiger partial charge in [0.05, 0.1) is 0 Å². The van der Waals surface area contributed by atoms with Crippen LogP contribution in [0.15, 0.2) is 54.6 Å². The third-order valence-corrected chi connectivity index (χ3v) is 5.26. The number of hydrogen-bond acceptors (Lipinski definition) is 3. The van der Waals surface area contributed by atoms with Crippen LogP contribution in [-0.4, -0.2) is 46.9 Å². The zero-order chi connectivity index (χ0) is 18.1. The van der Waals surface area contributed by atoms with Crippen molar-refractivity contribution in [2.75, 3.05) is 18.4 Å². The summed E-state index contributed by atoms with van der Waals surface area (Å²) in [5.41, 5.74) is 7.79. The largest absolute Gasteiger partial charge is 0.366 e. The average molecular weight is 350 g/mol. The van der Waals surface area contributed by atoms with E-state index in [1.165, 1.54) is 0 Å². The molecule has 0 aliphatic carbocycles. The van der Waals surface area contributed by atoms with Gasteiger partial charge >= 0.3 is 6.03 Å². The minimum Gasteiger partial charge on any atom is -0.366 e. The van der Waals surface area contributed by atoms with Crippen molar-refractivity contribution in [2.24, 2.45) is 5.73 Å². The summed E-state index contributed by atoms with van der Waals surface area (Å²) in [6, 6.07) is 17.6. The Balaban J connectivity index is 1.34. The van der Waals surface area contributed by atoms with E-state index in [0.717, 1.165) is 37.3 Å². The normalized spacial score (nSPS) is 21.8. The van der Waals surface area contributed by atoms with Crippen molar-refractivity contribution in [1.82, 2.24) is 9.80 Å². The van der Waals surface area contributed by atoms with Gasteiger partial charge in [0.15, 0.2) is 0 Å². The van der Waals surface area contributed by atoms with Crippen molar-refractivity contribution in [3.63, 3.8) is 0 Å². The van der Waals surface area contributed by atoms with Gasteiger partial charge in [-0.1, -0.05) is 30.3 Å². The minimum absolute atomic E-state index is 0.0193. The molecule has 0 saturated carbocycles. The summed E-state index contributed by atoms with van der Waals surface area (Å²) in [6.45, 7) is 2.46. The molecule has 0 spiro atoms. The number of nitrogens with one attached hydrogen (secondary N) is 1. The van der Waals surface area contributed by atoms with Crippen LogP contribution in [0.4, 0.5) is 10.5 Å². The molecule has 0 aromatic heterocycles. The maximum atomic E-state index is 12.5. The number of nitrogens with zero attached hydrogens (tertiary/aromatic N) is 2. The Labute approximate surface area is 152 Å². The molecule has 0 radical (unpaired) electrons. The van der Waals surface area contributed by atoms with E-state index in [-0.39, 0.29) is 12.1 Å². The second kappa shape index (κ2) is 6.80. The summed E-state index contributed by atoms with van der Waals surface area (Å²) < 4.78 is 0. The smallest absolute Gasteiger partial charge is 0.322 e. The van der Waals surface area contributed by atoms with Crippen molar-refractivity contribution in [2.45, 2.75) is 25.0 Å². The molecule has 2 heterocycles.